The molecule has 17 heavy (non-hydrogen) atoms. The maximum atomic E-state index is 8.76. The lowest BCUT2D eigenvalue weighted by molar-refractivity contribution is -0.138. The van der Waals surface area contributed by atoms with E-state index in [-0.39, 0.29) is 12.0 Å². The Morgan fingerprint density at radius 2 is 1.35 bits per heavy atom. The number of aliphatic hydroxyl groups is 2. The molecule has 2 rings (SSSR count). The van der Waals surface area contributed by atoms with Gasteiger partial charge in [0.15, 0.2) is 0 Å². The third-order valence-corrected chi connectivity index (χ3v) is 4.11. The van der Waals surface area contributed by atoms with Crippen LogP contribution in [-0.2, 0) is 9.47 Å². The van der Waals surface area contributed by atoms with Crippen LogP contribution < -0.4 is 0 Å². The Morgan fingerprint density at radius 1 is 0.882 bits per heavy atom. The van der Waals surface area contributed by atoms with E-state index in [2.05, 4.69) is 13.8 Å². The summed E-state index contributed by atoms with van der Waals surface area (Å²) in [5.41, 5.74) is 0.481. The Labute approximate surface area is 104 Å². The van der Waals surface area contributed by atoms with Crippen LogP contribution in [0.1, 0.15) is 33.1 Å². The van der Waals surface area contributed by atoms with Crippen LogP contribution in [0.15, 0.2) is 0 Å². The molecule has 0 unspecified atom stereocenters. The van der Waals surface area contributed by atoms with Crippen LogP contribution in [0.25, 0.3) is 0 Å². The normalized spacial score (nSPS) is 24.0. The van der Waals surface area contributed by atoms with Gasteiger partial charge in [-0.05, 0) is 19.3 Å². The first-order valence-electron chi connectivity index (χ1n) is 6.53. The zero-order chi connectivity index (χ0) is 12.8. The molecular formula is C13H26O4. The first kappa shape index (κ1) is 14.9. The maximum Gasteiger partial charge on any atom is 0.0566 e. The molecule has 0 radical (unpaired) electrons. The van der Waals surface area contributed by atoms with E-state index in [1.165, 1.54) is 0 Å². The number of ether oxygens (including phenoxy) is 2. The lowest BCUT2D eigenvalue weighted by Crippen LogP contribution is -2.44. The van der Waals surface area contributed by atoms with E-state index in [1.807, 2.05) is 0 Å². The van der Waals surface area contributed by atoms with E-state index in [0.717, 1.165) is 45.7 Å². The highest BCUT2D eigenvalue weighted by Gasteiger charge is 2.36. The molecule has 4 nitrogen and oxygen atoms in total. The summed E-state index contributed by atoms with van der Waals surface area (Å²) >= 11 is 0. The number of aliphatic hydroxyl groups excluding tert-OH is 2. The molecule has 2 aliphatic rings. The van der Waals surface area contributed by atoms with Gasteiger partial charge in [0.2, 0.25) is 0 Å². The molecule has 0 aromatic heterocycles. The minimum Gasteiger partial charge on any atom is -0.396 e. The molecule has 2 aliphatic heterocycles. The number of rotatable bonds is 5. The Morgan fingerprint density at radius 3 is 1.41 bits per heavy atom. The average Bonchev–Trinajstić information content (AvgIpc) is 2.25. The monoisotopic (exact) mass is 246 g/mol. The Kier molecular flexibility index (Phi) is 5.86. The lowest BCUT2D eigenvalue weighted by Gasteiger charge is -2.40. The smallest absolute Gasteiger partial charge is 0.0566 e. The van der Waals surface area contributed by atoms with Gasteiger partial charge in [-0.2, -0.15) is 0 Å². The molecule has 2 saturated heterocycles. The van der Waals surface area contributed by atoms with Crippen molar-refractivity contribution in [1.82, 2.24) is 0 Å². The Hall–Kier alpha value is -0.160. The standard InChI is InChI=1S/C7H14O2.C6H12O2/c1-2-7(3-4-8)5-9-6-7;1-2-6(3-7)4-8-5-6/h8H,2-6H2,1H3;7H,2-5H2,1H3. The van der Waals surface area contributed by atoms with Crippen molar-refractivity contribution in [1.29, 1.82) is 0 Å². The van der Waals surface area contributed by atoms with Crippen LogP contribution in [0.2, 0.25) is 0 Å². The molecule has 0 spiro atoms. The molecule has 4 heteroatoms. The summed E-state index contributed by atoms with van der Waals surface area (Å²) in [6, 6.07) is 0. The minimum atomic E-state index is 0.139. The quantitative estimate of drug-likeness (QED) is 0.765. The van der Waals surface area contributed by atoms with Crippen molar-refractivity contribution in [2.45, 2.75) is 33.1 Å². The van der Waals surface area contributed by atoms with Gasteiger partial charge in [0.25, 0.3) is 0 Å². The summed E-state index contributed by atoms with van der Waals surface area (Å²) in [5, 5.41) is 17.4. The molecule has 0 aliphatic carbocycles. The van der Waals surface area contributed by atoms with Crippen molar-refractivity contribution in [3.05, 3.63) is 0 Å². The van der Waals surface area contributed by atoms with E-state index in [9.17, 15) is 0 Å². The second-order valence-electron chi connectivity index (χ2n) is 5.32. The highest BCUT2D eigenvalue weighted by atomic mass is 16.5. The van der Waals surface area contributed by atoms with E-state index in [0.29, 0.717) is 12.0 Å². The fraction of sp³-hybridized carbons (Fsp3) is 1.00. The number of hydrogen-bond donors (Lipinski definition) is 2. The zero-order valence-corrected chi connectivity index (χ0v) is 11.1. The summed E-state index contributed by atoms with van der Waals surface area (Å²) in [5.74, 6) is 0. The molecule has 0 amide bonds. The van der Waals surface area contributed by atoms with Crippen molar-refractivity contribution in [2.75, 3.05) is 39.6 Å². The summed E-state index contributed by atoms with van der Waals surface area (Å²) in [6.45, 7) is 8.02. The number of hydrogen-bond acceptors (Lipinski definition) is 4. The van der Waals surface area contributed by atoms with Gasteiger partial charge in [-0.15, -0.1) is 0 Å². The third-order valence-electron chi connectivity index (χ3n) is 4.11. The van der Waals surface area contributed by atoms with Crippen LogP contribution in [0, 0.1) is 10.8 Å². The summed E-state index contributed by atoms with van der Waals surface area (Å²) in [4.78, 5) is 0. The van der Waals surface area contributed by atoms with Crippen LogP contribution in [0.5, 0.6) is 0 Å². The van der Waals surface area contributed by atoms with Crippen molar-refractivity contribution >= 4 is 0 Å². The van der Waals surface area contributed by atoms with Crippen LogP contribution in [-0.4, -0.2) is 49.9 Å². The van der Waals surface area contributed by atoms with Crippen LogP contribution in [0.4, 0.5) is 0 Å². The molecule has 0 bridgehead atoms. The van der Waals surface area contributed by atoms with Crippen molar-refractivity contribution in [3.8, 4) is 0 Å². The van der Waals surface area contributed by atoms with Crippen LogP contribution >= 0.6 is 0 Å². The topological polar surface area (TPSA) is 58.9 Å². The van der Waals surface area contributed by atoms with Crippen molar-refractivity contribution in [2.24, 2.45) is 10.8 Å². The van der Waals surface area contributed by atoms with Gasteiger partial charge < -0.3 is 19.7 Å². The van der Waals surface area contributed by atoms with E-state index < -0.39 is 0 Å². The second kappa shape index (κ2) is 6.69. The molecule has 0 atom stereocenters. The first-order valence-corrected chi connectivity index (χ1v) is 6.53. The van der Waals surface area contributed by atoms with Gasteiger partial charge in [-0.3, -0.25) is 0 Å². The van der Waals surface area contributed by atoms with Gasteiger partial charge >= 0.3 is 0 Å². The summed E-state index contributed by atoms with van der Waals surface area (Å²) in [7, 11) is 0. The maximum absolute atomic E-state index is 8.76. The average molecular weight is 246 g/mol. The fourth-order valence-electron chi connectivity index (χ4n) is 1.95. The van der Waals surface area contributed by atoms with Gasteiger partial charge in [-0.1, -0.05) is 13.8 Å². The molecule has 2 heterocycles. The third kappa shape index (κ3) is 3.65. The van der Waals surface area contributed by atoms with E-state index in [1.54, 1.807) is 0 Å². The van der Waals surface area contributed by atoms with Gasteiger partial charge in [-0.25, -0.2) is 0 Å². The van der Waals surface area contributed by atoms with Gasteiger partial charge in [0, 0.05) is 17.4 Å². The molecule has 2 fully saturated rings. The molecule has 0 aromatic carbocycles. The highest BCUT2D eigenvalue weighted by molar-refractivity contribution is 4.83. The molecule has 0 saturated carbocycles. The summed E-state index contributed by atoms with van der Waals surface area (Å²) < 4.78 is 10.0. The SMILES string of the molecule is CCC1(CCO)COC1.CCC1(CO)COC1. The van der Waals surface area contributed by atoms with Crippen molar-refractivity contribution in [3.63, 3.8) is 0 Å². The second-order valence-corrected chi connectivity index (χ2v) is 5.32. The largest absolute Gasteiger partial charge is 0.396 e. The zero-order valence-electron chi connectivity index (χ0n) is 11.1. The Bertz CT molecular complexity index is 190. The van der Waals surface area contributed by atoms with E-state index in [4.69, 9.17) is 19.7 Å². The molecule has 102 valence electrons. The molecule has 0 aromatic rings. The van der Waals surface area contributed by atoms with Gasteiger partial charge in [0.05, 0.1) is 33.0 Å². The highest BCUT2D eigenvalue weighted by Crippen LogP contribution is 2.34. The molecule has 2 N–H and O–H groups in total. The Balaban J connectivity index is 0.000000171. The predicted molar refractivity (Wildman–Crippen MR) is 65.9 cm³/mol. The fourth-order valence-corrected chi connectivity index (χ4v) is 1.95. The summed E-state index contributed by atoms with van der Waals surface area (Å²) in [6.07, 6.45) is 3.07. The lowest BCUT2D eigenvalue weighted by atomic mass is 9.80. The van der Waals surface area contributed by atoms with Crippen molar-refractivity contribution < 1.29 is 19.7 Å². The van der Waals surface area contributed by atoms with E-state index >= 15 is 0 Å². The van der Waals surface area contributed by atoms with Gasteiger partial charge in [0.1, 0.15) is 0 Å². The first-order chi connectivity index (χ1) is 8.16. The predicted octanol–water partition coefficient (Wildman–Crippen LogP) is 1.20. The van der Waals surface area contributed by atoms with Crippen LogP contribution in [0.3, 0.4) is 0 Å². The molecular weight excluding hydrogens is 220 g/mol. The minimum absolute atomic E-state index is 0.139.